The second kappa shape index (κ2) is 5.73. The van der Waals surface area contributed by atoms with Crippen LogP contribution < -0.4 is 4.90 Å². The number of rotatable bonds is 4. The van der Waals surface area contributed by atoms with E-state index in [2.05, 4.69) is 9.88 Å². The Kier molecular flexibility index (Phi) is 3.80. The van der Waals surface area contributed by atoms with Crippen LogP contribution in [0.25, 0.3) is 11.0 Å². The number of para-hydroxylation sites is 2. The van der Waals surface area contributed by atoms with Crippen LogP contribution in [0.1, 0.15) is 6.42 Å². The van der Waals surface area contributed by atoms with E-state index in [1.165, 1.54) is 0 Å². The molecule has 0 unspecified atom stereocenters. The van der Waals surface area contributed by atoms with Gasteiger partial charge in [-0.25, -0.2) is 4.98 Å². The first-order valence-corrected chi connectivity index (χ1v) is 6.82. The molecule has 0 bridgehead atoms. The third-order valence-corrected chi connectivity index (χ3v) is 3.80. The highest BCUT2D eigenvalue weighted by Gasteiger charge is 2.33. The first kappa shape index (κ1) is 13.3. The molecule has 0 amide bonds. The van der Waals surface area contributed by atoms with Crippen molar-refractivity contribution in [3.05, 3.63) is 30.5 Å². The summed E-state index contributed by atoms with van der Waals surface area (Å²) in [6, 6.07) is 8.21. The highest BCUT2D eigenvalue weighted by atomic mass is 16.5. The fourth-order valence-corrected chi connectivity index (χ4v) is 2.76. The number of fused-ring (bicyclic) bond motifs is 1. The molecule has 1 fully saturated rings. The Morgan fingerprint density at radius 1 is 1.25 bits per heavy atom. The van der Waals surface area contributed by atoms with Crippen molar-refractivity contribution in [1.82, 2.24) is 9.97 Å². The number of nitrogens with zero attached hydrogens (tertiary/aromatic N) is 3. The van der Waals surface area contributed by atoms with Gasteiger partial charge in [-0.3, -0.25) is 4.98 Å². The zero-order valence-electron chi connectivity index (χ0n) is 11.8. The minimum atomic E-state index is 0.225. The number of methoxy groups -OCH3 is 2. The van der Waals surface area contributed by atoms with E-state index in [1.807, 2.05) is 30.5 Å². The molecule has 2 heterocycles. The molecule has 106 valence electrons. The second-order valence-electron chi connectivity index (χ2n) is 5.07. The van der Waals surface area contributed by atoms with E-state index in [-0.39, 0.29) is 6.10 Å². The molecule has 20 heavy (non-hydrogen) atoms. The Hall–Kier alpha value is -1.72. The Morgan fingerprint density at radius 3 is 2.80 bits per heavy atom. The van der Waals surface area contributed by atoms with Gasteiger partial charge in [0.15, 0.2) is 0 Å². The zero-order valence-corrected chi connectivity index (χ0v) is 11.8. The fourth-order valence-electron chi connectivity index (χ4n) is 2.76. The third kappa shape index (κ3) is 2.46. The van der Waals surface area contributed by atoms with Crippen LogP contribution in [-0.4, -0.2) is 49.5 Å². The van der Waals surface area contributed by atoms with Gasteiger partial charge in [-0.15, -0.1) is 0 Å². The molecule has 3 rings (SSSR count). The normalized spacial score (nSPS) is 22.6. The third-order valence-electron chi connectivity index (χ3n) is 3.80. The highest BCUT2D eigenvalue weighted by Crippen LogP contribution is 2.26. The van der Waals surface area contributed by atoms with Crippen LogP contribution in [0.5, 0.6) is 0 Å². The largest absolute Gasteiger partial charge is 0.383 e. The molecule has 2 atom stereocenters. The Labute approximate surface area is 118 Å². The van der Waals surface area contributed by atoms with Crippen molar-refractivity contribution in [3.8, 4) is 0 Å². The van der Waals surface area contributed by atoms with Crippen LogP contribution in [0.15, 0.2) is 30.5 Å². The van der Waals surface area contributed by atoms with Crippen LogP contribution in [0, 0.1) is 0 Å². The van der Waals surface area contributed by atoms with Crippen molar-refractivity contribution in [2.75, 3.05) is 32.3 Å². The lowest BCUT2D eigenvalue weighted by atomic mass is 10.2. The van der Waals surface area contributed by atoms with E-state index in [9.17, 15) is 0 Å². The number of anilines is 1. The average molecular weight is 273 g/mol. The van der Waals surface area contributed by atoms with Crippen molar-refractivity contribution in [3.63, 3.8) is 0 Å². The predicted molar refractivity (Wildman–Crippen MR) is 78.0 cm³/mol. The maximum atomic E-state index is 5.48. The molecule has 1 aliphatic rings. The van der Waals surface area contributed by atoms with E-state index >= 15 is 0 Å². The fraction of sp³-hybridized carbons (Fsp3) is 0.467. The monoisotopic (exact) mass is 273 g/mol. The second-order valence-corrected chi connectivity index (χ2v) is 5.07. The summed E-state index contributed by atoms with van der Waals surface area (Å²) in [5.74, 6) is 0.894. The molecule has 1 aromatic carbocycles. The summed E-state index contributed by atoms with van der Waals surface area (Å²) in [4.78, 5) is 11.4. The molecular formula is C15H19N3O2. The van der Waals surface area contributed by atoms with Crippen LogP contribution in [0.2, 0.25) is 0 Å². The van der Waals surface area contributed by atoms with Gasteiger partial charge in [-0.2, -0.15) is 0 Å². The van der Waals surface area contributed by atoms with Crippen molar-refractivity contribution in [2.45, 2.75) is 18.6 Å². The van der Waals surface area contributed by atoms with Gasteiger partial charge in [0.05, 0.1) is 36.0 Å². The summed E-state index contributed by atoms with van der Waals surface area (Å²) >= 11 is 0. The van der Waals surface area contributed by atoms with Crippen LogP contribution in [0.4, 0.5) is 5.82 Å². The number of aromatic nitrogens is 2. The molecule has 1 aliphatic heterocycles. The summed E-state index contributed by atoms with van der Waals surface area (Å²) in [5, 5.41) is 0. The molecule has 1 aromatic heterocycles. The molecule has 2 aromatic rings. The quantitative estimate of drug-likeness (QED) is 0.851. The average Bonchev–Trinajstić information content (AvgIpc) is 2.90. The van der Waals surface area contributed by atoms with E-state index in [4.69, 9.17) is 14.5 Å². The molecule has 0 spiro atoms. The zero-order chi connectivity index (χ0) is 13.9. The van der Waals surface area contributed by atoms with E-state index in [1.54, 1.807) is 14.2 Å². The molecular weight excluding hydrogens is 254 g/mol. The van der Waals surface area contributed by atoms with Gasteiger partial charge in [0, 0.05) is 20.8 Å². The number of ether oxygens (including phenoxy) is 2. The summed E-state index contributed by atoms with van der Waals surface area (Å²) in [6.07, 6.45) is 3.02. The standard InChI is InChI=1S/C15H19N3O2/c1-19-10-11-7-12(20-2)9-18(11)15-8-16-13-5-3-4-6-14(13)17-15/h3-6,8,11-12H,7,9-10H2,1-2H3/t11-,12-/m0/s1. The van der Waals surface area contributed by atoms with Crippen molar-refractivity contribution < 1.29 is 9.47 Å². The Balaban J connectivity index is 1.91. The summed E-state index contributed by atoms with van der Waals surface area (Å²) in [7, 11) is 3.48. The summed E-state index contributed by atoms with van der Waals surface area (Å²) in [5.41, 5.74) is 1.84. The lowest BCUT2D eigenvalue weighted by Crippen LogP contribution is -2.33. The lowest BCUT2D eigenvalue weighted by Gasteiger charge is -2.24. The SMILES string of the molecule is COC[C@@H]1C[C@H](OC)CN1c1cnc2ccccc2n1. The molecule has 5 heteroatoms. The summed E-state index contributed by atoms with van der Waals surface area (Å²) in [6.45, 7) is 1.51. The maximum absolute atomic E-state index is 5.48. The molecule has 5 nitrogen and oxygen atoms in total. The predicted octanol–water partition coefficient (Wildman–Crippen LogP) is 1.87. The van der Waals surface area contributed by atoms with E-state index in [0.717, 1.165) is 29.8 Å². The first-order chi connectivity index (χ1) is 9.81. The Bertz CT molecular complexity index is 590. The number of hydrogen-bond donors (Lipinski definition) is 0. The molecule has 0 N–H and O–H groups in total. The van der Waals surface area contributed by atoms with E-state index < -0.39 is 0 Å². The number of hydrogen-bond acceptors (Lipinski definition) is 5. The summed E-state index contributed by atoms with van der Waals surface area (Å²) < 4.78 is 10.8. The highest BCUT2D eigenvalue weighted by molar-refractivity contribution is 5.75. The topological polar surface area (TPSA) is 47.5 Å². The van der Waals surface area contributed by atoms with Crippen molar-refractivity contribution in [1.29, 1.82) is 0 Å². The molecule has 1 saturated heterocycles. The molecule has 0 radical (unpaired) electrons. The van der Waals surface area contributed by atoms with Gasteiger partial charge in [-0.05, 0) is 18.6 Å². The van der Waals surface area contributed by atoms with Crippen LogP contribution in [0.3, 0.4) is 0 Å². The number of benzene rings is 1. The van der Waals surface area contributed by atoms with Crippen molar-refractivity contribution in [2.24, 2.45) is 0 Å². The maximum Gasteiger partial charge on any atom is 0.148 e. The van der Waals surface area contributed by atoms with Gasteiger partial charge in [-0.1, -0.05) is 12.1 Å². The minimum Gasteiger partial charge on any atom is -0.383 e. The first-order valence-electron chi connectivity index (χ1n) is 6.82. The van der Waals surface area contributed by atoms with Gasteiger partial charge in [0.2, 0.25) is 0 Å². The van der Waals surface area contributed by atoms with Crippen LogP contribution in [-0.2, 0) is 9.47 Å². The minimum absolute atomic E-state index is 0.225. The molecule has 0 aliphatic carbocycles. The lowest BCUT2D eigenvalue weighted by molar-refractivity contribution is 0.111. The van der Waals surface area contributed by atoms with E-state index in [0.29, 0.717) is 12.6 Å². The van der Waals surface area contributed by atoms with Crippen LogP contribution >= 0.6 is 0 Å². The van der Waals surface area contributed by atoms with Gasteiger partial charge in [0.25, 0.3) is 0 Å². The molecule has 0 saturated carbocycles. The van der Waals surface area contributed by atoms with Gasteiger partial charge in [0.1, 0.15) is 5.82 Å². The van der Waals surface area contributed by atoms with Gasteiger partial charge >= 0.3 is 0 Å². The van der Waals surface area contributed by atoms with Gasteiger partial charge < -0.3 is 14.4 Å². The smallest absolute Gasteiger partial charge is 0.148 e. The van der Waals surface area contributed by atoms with Crippen molar-refractivity contribution >= 4 is 16.9 Å². The Morgan fingerprint density at radius 2 is 2.05 bits per heavy atom.